The van der Waals surface area contributed by atoms with Crippen LogP contribution in [0.5, 0.6) is 5.75 Å². The lowest BCUT2D eigenvalue weighted by atomic mass is 10.1. The van der Waals surface area contributed by atoms with Crippen LogP contribution in [0.2, 0.25) is 0 Å². The predicted molar refractivity (Wildman–Crippen MR) is 147 cm³/mol. The van der Waals surface area contributed by atoms with E-state index in [2.05, 4.69) is 21.3 Å². The average molecular weight is 566 g/mol. The first kappa shape index (κ1) is 27.2. The van der Waals surface area contributed by atoms with E-state index in [1.165, 1.54) is 25.6 Å². The second-order valence-corrected chi connectivity index (χ2v) is 11.1. The Kier molecular flexibility index (Phi) is 7.50. The number of hydrogen-bond donors (Lipinski definition) is 2. The highest BCUT2D eigenvalue weighted by molar-refractivity contribution is 7.89. The number of anilines is 1. The van der Waals surface area contributed by atoms with Crippen molar-refractivity contribution in [3.63, 3.8) is 0 Å². The summed E-state index contributed by atoms with van der Waals surface area (Å²) in [6.07, 6.45) is 4.34. The number of aromatic nitrogens is 4. The highest BCUT2D eigenvalue weighted by atomic mass is 32.2. The van der Waals surface area contributed by atoms with Crippen LogP contribution < -0.4 is 15.2 Å². The van der Waals surface area contributed by atoms with Crippen LogP contribution in [0.1, 0.15) is 24.4 Å². The number of hydrogen-bond acceptors (Lipinski definition) is 8. The largest absolute Gasteiger partial charge is 0.494 e. The first-order valence-corrected chi connectivity index (χ1v) is 14.0. The molecule has 11 nitrogen and oxygen atoms in total. The van der Waals surface area contributed by atoms with Crippen LogP contribution in [0.4, 0.5) is 10.2 Å². The summed E-state index contributed by atoms with van der Waals surface area (Å²) in [6, 6.07) is 10.4. The number of piperidine rings is 1. The number of likely N-dealkylation sites (tertiary alicyclic amines) is 1. The van der Waals surface area contributed by atoms with Gasteiger partial charge in [-0.25, -0.2) is 32.2 Å². The van der Waals surface area contributed by atoms with Crippen LogP contribution >= 0.6 is 0 Å². The van der Waals surface area contributed by atoms with Crippen molar-refractivity contribution in [1.82, 2.24) is 29.4 Å². The van der Waals surface area contributed by atoms with E-state index >= 15 is 0 Å². The zero-order valence-corrected chi connectivity index (χ0v) is 22.6. The Morgan fingerprint density at radius 3 is 2.75 bits per heavy atom. The maximum absolute atomic E-state index is 13.7. The minimum atomic E-state index is -3.91. The molecule has 1 atom stereocenters. The number of rotatable bonds is 8. The van der Waals surface area contributed by atoms with Crippen molar-refractivity contribution in [3.8, 4) is 17.0 Å². The van der Waals surface area contributed by atoms with Gasteiger partial charge in [-0.2, -0.15) is 5.10 Å². The van der Waals surface area contributed by atoms with E-state index < -0.39 is 15.8 Å². The highest BCUT2D eigenvalue weighted by Gasteiger charge is 2.28. The summed E-state index contributed by atoms with van der Waals surface area (Å²) >= 11 is 0. The average Bonchev–Trinajstić information content (AvgIpc) is 3.37. The maximum atomic E-state index is 13.7. The van der Waals surface area contributed by atoms with Gasteiger partial charge in [-0.1, -0.05) is 30.8 Å². The summed E-state index contributed by atoms with van der Waals surface area (Å²) in [6.45, 7) is 4.74. The molecule has 1 saturated heterocycles. The predicted octanol–water partition coefficient (Wildman–Crippen LogP) is 3.05. The molecule has 1 amide bonds. The summed E-state index contributed by atoms with van der Waals surface area (Å²) in [7, 11) is -2.64. The number of benzene rings is 2. The quantitative estimate of drug-likeness (QED) is 0.310. The van der Waals surface area contributed by atoms with E-state index in [1.807, 2.05) is 16.8 Å². The molecule has 0 saturated carbocycles. The molecule has 1 aliphatic rings. The Morgan fingerprint density at radius 2 is 2.02 bits per heavy atom. The fraction of sp³-hybridized carbons (Fsp3) is 0.259. The number of methoxy groups -OCH3 is 1. The lowest BCUT2D eigenvalue weighted by Gasteiger charge is -2.32. The van der Waals surface area contributed by atoms with Gasteiger partial charge in [0.2, 0.25) is 15.9 Å². The number of ether oxygens (including phenoxy) is 1. The molecule has 3 N–H and O–H groups in total. The Bertz CT molecular complexity index is 1690. The third-order valence-electron chi connectivity index (χ3n) is 6.87. The van der Waals surface area contributed by atoms with E-state index in [0.29, 0.717) is 35.4 Å². The van der Waals surface area contributed by atoms with Gasteiger partial charge >= 0.3 is 0 Å². The third kappa shape index (κ3) is 5.25. The second kappa shape index (κ2) is 11.0. The van der Waals surface area contributed by atoms with Gasteiger partial charge in [0.1, 0.15) is 17.8 Å². The molecule has 1 fully saturated rings. The minimum Gasteiger partial charge on any atom is -0.494 e. The van der Waals surface area contributed by atoms with Gasteiger partial charge in [-0.15, -0.1) is 0 Å². The van der Waals surface area contributed by atoms with E-state index in [0.717, 1.165) is 30.5 Å². The van der Waals surface area contributed by atoms with Gasteiger partial charge in [0, 0.05) is 31.3 Å². The van der Waals surface area contributed by atoms with Crippen molar-refractivity contribution in [2.75, 3.05) is 25.9 Å². The fourth-order valence-electron chi connectivity index (χ4n) is 4.79. The van der Waals surface area contributed by atoms with Crippen molar-refractivity contribution < 1.29 is 22.3 Å². The number of nitrogens with zero attached hydrogens (tertiary/aromatic N) is 5. The molecule has 2 aromatic heterocycles. The molecule has 0 radical (unpaired) electrons. The molecule has 4 aromatic rings. The molecule has 5 rings (SSSR count). The van der Waals surface area contributed by atoms with E-state index in [9.17, 15) is 17.6 Å². The SMILES string of the molecule is C=CC(=O)N1CCCC(n2nc(-c3ccc(CNS(=O)(=O)c4ccc(F)c(OC)c4)cc3)c3c(N)ncnc32)C1. The number of halogens is 1. The standard InChI is InChI=1S/C27H28FN7O4S/c1-3-23(36)34-12-4-5-19(15-34)35-27-24(26(29)30-16-31-27)25(33-35)18-8-6-17(7-9-18)14-32-40(37,38)20-10-11-21(28)22(13-20)39-2/h3,6-11,13,16,19,32H,1,4-5,12,14-15H2,2H3,(H2,29,30,31). The monoisotopic (exact) mass is 565 g/mol. The Labute approximate surface area is 230 Å². The smallest absolute Gasteiger partial charge is 0.246 e. The molecular weight excluding hydrogens is 537 g/mol. The summed E-state index contributed by atoms with van der Waals surface area (Å²) < 4.78 is 48.4. The van der Waals surface area contributed by atoms with Gasteiger partial charge < -0.3 is 15.4 Å². The van der Waals surface area contributed by atoms with Crippen LogP contribution in [0, 0.1) is 5.82 Å². The lowest BCUT2D eigenvalue weighted by Crippen LogP contribution is -2.40. The third-order valence-corrected chi connectivity index (χ3v) is 8.27. The summed E-state index contributed by atoms with van der Waals surface area (Å²) in [4.78, 5) is 22.5. The van der Waals surface area contributed by atoms with Crippen LogP contribution in [0.3, 0.4) is 0 Å². The second-order valence-electron chi connectivity index (χ2n) is 9.35. The number of nitrogens with two attached hydrogens (primary N) is 1. The molecule has 0 aliphatic carbocycles. The Balaban J connectivity index is 1.39. The van der Waals surface area contributed by atoms with Crippen LogP contribution in [-0.4, -0.2) is 59.2 Å². The molecule has 0 spiro atoms. The molecule has 3 heterocycles. The zero-order valence-electron chi connectivity index (χ0n) is 21.7. The van der Waals surface area contributed by atoms with Gasteiger partial charge in [0.25, 0.3) is 0 Å². The number of nitrogen functional groups attached to an aromatic ring is 1. The lowest BCUT2D eigenvalue weighted by molar-refractivity contribution is -0.127. The molecule has 2 aromatic carbocycles. The summed E-state index contributed by atoms with van der Waals surface area (Å²) in [5.41, 5.74) is 8.86. The van der Waals surface area contributed by atoms with Crippen molar-refractivity contribution in [3.05, 3.63) is 72.8 Å². The molecule has 40 heavy (non-hydrogen) atoms. The van der Waals surface area contributed by atoms with Crippen molar-refractivity contribution >= 4 is 32.8 Å². The summed E-state index contributed by atoms with van der Waals surface area (Å²) in [5, 5.41) is 5.46. The van der Waals surface area contributed by atoms with Gasteiger partial charge in [0.15, 0.2) is 17.2 Å². The number of carbonyl (C=O) groups excluding carboxylic acids is 1. The number of fused-ring (bicyclic) bond motifs is 1. The van der Waals surface area contributed by atoms with Gasteiger partial charge in [-0.05, 0) is 36.6 Å². The van der Waals surface area contributed by atoms with Crippen molar-refractivity contribution in [2.24, 2.45) is 0 Å². The van der Waals surface area contributed by atoms with Crippen LogP contribution in [0.15, 0.2) is 66.3 Å². The minimum absolute atomic E-state index is 0.0119. The first-order valence-electron chi connectivity index (χ1n) is 12.5. The Hall–Kier alpha value is -4.36. The molecule has 13 heteroatoms. The van der Waals surface area contributed by atoms with E-state index in [1.54, 1.807) is 17.0 Å². The molecule has 208 valence electrons. The van der Waals surface area contributed by atoms with E-state index in [4.69, 9.17) is 15.6 Å². The normalized spacial score (nSPS) is 15.8. The van der Waals surface area contributed by atoms with Crippen LogP contribution in [-0.2, 0) is 21.4 Å². The molecular formula is C27H28FN7O4S. The molecule has 0 bridgehead atoms. The number of carbonyl (C=O) groups is 1. The number of amides is 1. The van der Waals surface area contributed by atoms with Crippen molar-refractivity contribution in [1.29, 1.82) is 0 Å². The number of sulfonamides is 1. The number of nitrogens with one attached hydrogen (secondary N) is 1. The van der Waals surface area contributed by atoms with E-state index in [-0.39, 0.29) is 35.0 Å². The topological polar surface area (TPSA) is 145 Å². The van der Waals surface area contributed by atoms with Crippen molar-refractivity contribution in [2.45, 2.75) is 30.3 Å². The van der Waals surface area contributed by atoms with Crippen LogP contribution in [0.25, 0.3) is 22.3 Å². The fourth-order valence-corrected chi connectivity index (χ4v) is 5.82. The Morgan fingerprint density at radius 1 is 1.25 bits per heavy atom. The van der Waals surface area contributed by atoms with Gasteiger partial charge in [0.05, 0.1) is 23.4 Å². The maximum Gasteiger partial charge on any atom is 0.246 e. The molecule has 1 unspecified atom stereocenters. The van der Waals surface area contributed by atoms with Gasteiger partial charge in [-0.3, -0.25) is 4.79 Å². The summed E-state index contributed by atoms with van der Waals surface area (Å²) in [5.74, 6) is -0.646. The first-order chi connectivity index (χ1) is 19.2. The molecule has 1 aliphatic heterocycles. The zero-order chi connectivity index (χ0) is 28.4. The highest BCUT2D eigenvalue weighted by Crippen LogP contribution is 2.34.